The highest BCUT2D eigenvalue weighted by Crippen LogP contribution is 2.21. The topological polar surface area (TPSA) is 40.6 Å². The van der Waals surface area contributed by atoms with E-state index in [4.69, 9.17) is 0 Å². The molecule has 0 spiro atoms. The van der Waals surface area contributed by atoms with Gasteiger partial charge >= 0.3 is 0 Å². The lowest BCUT2D eigenvalue weighted by molar-refractivity contribution is 0.103. The number of hydrogen-bond acceptors (Lipinski definition) is 4. The molecule has 1 saturated heterocycles. The second-order valence-corrected chi connectivity index (χ2v) is 9.32. The van der Waals surface area contributed by atoms with Gasteiger partial charge in [0.2, 0.25) is 0 Å². The molecule has 0 amide bonds. The number of carbonyl (C=O) groups excluding carboxylic acids is 2. The van der Waals surface area contributed by atoms with Crippen molar-refractivity contribution in [1.29, 1.82) is 0 Å². The molecular formula is C34H30N2O2. The predicted molar refractivity (Wildman–Crippen MR) is 154 cm³/mol. The quantitative estimate of drug-likeness (QED) is 0.199. The van der Waals surface area contributed by atoms with Gasteiger partial charge in [-0.1, -0.05) is 109 Å². The van der Waals surface area contributed by atoms with Crippen LogP contribution in [0.3, 0.4) is 0 Å². The molecule has 4 nitrogen and oxygen atoms in total. The van der Waals surface area contributed by atoms with Crippen molar-refractivity contribution >= 4 is 11.6 Å². The van der Waals surface area contributed by atoms with Crippen molar-refractivity contribution in [3.8, 4) is 22.3 Å². The van der Waals surface area contributed by atoms with Crippen LogP contribution in [0.2, 0.25) is 0 Å². The maximum absolute atomic E-state index is 12.6. The molecule has 0 bridgehead atoms. The van der Waals surface area contributed by atoms with Crippen LogP contribution in [0.25, 0.3) is 22.3 Å². The van der Waals surface area contributed by atoms with Crippen molar-refractivity contribution in [2.24, 2.45) is 0 Å². The maximum Gasteiger partial charge on any atom is 0.187 e. The maximum atomic E-state index is 12.6. The summed E-state index contributed by atoms with van der Waals surface area (Å²) in [5, 5.41) is 0. The molecule has 0 aromatic heterocycles. The summed E-state index contributed by atoms with van der Waals surface area (Å²) in [6, 6.07) is 35.7. The average molecular weight is 499 g/mol. The van der Waals surface area contributed by atoms with Gasteiger partial charge in [0.25, 0.3) is 0 Å². The molecule has 1 heterocycles. The van der Waals surface area contributed by atoms with Gasteiger partial charge in [0, 0.05) is 61.9 Å². The van der Waals surface area contributed by atoms with E-state index in [-0.39, 0.29) is 11.6 Å². The van der Waals surface area contributed by atoms with Crippen molar-refractivity contribution in [2.45, 2.75) is 0 Å². The SMILES string of the molecule is O=C(C=CN1CCN(C=CC(=O)c2ccc(-c3ccccc3)cc2)CC1)c1ccc(-c2ccccc2)cc1. The summed E-state index contributed by atoms with van der Waals surface area (Å²) < 4.78 is 0. The number of ketones is 2. The molecule has 4 aromatic carbocycles. The highest BCUT2D eigenvalue weighted by Gasteiger charge is 2.13. The number of rotatable bonds is 8. The molecule has 5 rings (SSSR count). The Morgan fingerprint density at radius 2 is 0.763 bits per heavy atom. The fraction of sp³-hybridized carbons (Fsp3) is 0.118. The molecule has 4 aromatic rings. The molecule has 0 unspecified atom stereocenters. The van der Waals surface area contributed by atoms with Crippen LogP contribution in [-0.4, -0.2) is 47.5 Å². The van der Waals surface area contributed by atoms with E-state index in [1.165, 1.54) is 0 Å². The second kappa shape index (κ2) is 12.0. The third kappa shape index (κ3) is 6.34. The van der Waals surface area contributed by atoms with Gasteiger partial charge in [-0.2, -0.15) is 0 Å². The first-order valence-corrected chi connectivity index (χ1v) is 12.9. The normalized spacial score (nSPS) is 13.8. The molecule has 0 aliphatic carbocycles. The lowest BCUT2D eigenvalue weighted by Gasteiger charge is -2.33. The van der Waals surface area contributed by atoms with Crippen LogP contribution in [0.5, 0.6) is 0 Å². The van der Waals surface area contributed by atoms with Crippen molar-refractivity contribution in [1.82, 2.24) is 9.80 Å². The van der Waals surface area contributed by atoms with Crippen LogP contribution in [0.1, 0.15) is 20.7 Å². The summed E-state index contributed by atoms with van der Waals surface area (Å²) in [7, 11) is 0. The van der Waals surface area contributed by atoms with E-state index in [0.717, 1.165) is 48.4 Å². The van der Waals surface area contributed by atoms with Gasteiger partial charge in [0.05, 0.1) is 0 Å². The van der Waals surface area contributed by atoms with E-state index in [1.807, 2.05) is 97.3 Å². The third-order valence-electron chi connectivity index (χ3n) is 6.78. The van der Waals surface area contributed by atoms with E-state index in [9.17, 15) is 9.59 Å². The molecule has 0 atom stereocenters. The predicted octanol–water partition coefficient (Wildman–Crippen LogP) is 6.73. The monoisotopic (exact) mass is 498 g/mol. The Balaban J connectivity index is 1.09. The van der Waals surface area contributed by atoms with E-state index in [0.29, 0.717) is 11.1 Å². The Bertz CT molecular complexity index is 1300. The van der Waals surface area contributed by atoms with Gasteiger partial charge < -0.3 is 9.80 Å². The van der Waals surface area contributed by atoms with E-state index in [1.54, 1.807) is 12.2 Å². The average Bonchev–Trinajstić information content (AvgIpc) is 3.00. The molecule has 0 radical (unpaired) electrons. The molecule has 0 saturated carbocycles. The summed E-state index contributed by atoms with van der Waals surface area (Å²) in [5.74, 6) is -0.00775. The summed E-state index contributed by atoms with van der Waals surface area (Å²) >= 11 is 0. The van der Waals surface area contributed by atoms with Crippen LogP contribution in [0.15, 0.2) is 134 Å². The number of benzene rings is 4. The van der Waals surface area contributed by atoms with E-state index in [2.05, 4.69) is 34.1 Å². The fourth-order valence-corrected chi connectivity index (χ4v) is 4.49. The molecule has 1 fully saturated rings. The van der Waals surface area contributed by atoms with Crippen molar-refractivity contribution in [2.75, 3.05) is 26.2 Å². The molecule has 38 heavy (non-hydrogen) atoms. The second-order valence-electron chi connectivity index (χ2n) is 9.32. The van der Waals surface area contributed by atoms with Crippen molar-refractivity contribution in [3.63, 3.8) is 0 Å². The lowest BCUT2D eigenvalue weighted by Crippen LogP contribution is -2.41. The third-order valence-corrected chi connectivity index (χ3v) is 6.78. The van der Waals surface area contributed by atoms with Crippen LogP contribution in [-0.2, 0) is 0 Å². The van der Waals surface area contributed by atoms with Gasteiger partial charge in [-0.25, -0.2) is 0 Å². The first-order valence-electron chi connectivity index (χ1n) is 12.9. The Morgan fingerprint density at radius 3 is 1.11 bits per heavy atom. The molecule has 0 N–H and O–H groups in total. The largest absolute Gasteiger partial charge is 0.374 e. The van der Waals surface area contributed by atoms with Crippen LogP contribution < -0.4 is 0 Å². The first kappa shape index (κ1) is 25.0. The minimum absolute atomic E-state index is 0.00387. The smallest absolute Gasteiger partial charge is 0.187 e. The number of piperazine rings is 1. The van der Waals surface area contributed by atoms with Gasteiger partial charge in [0.1, 0.15) is 0 Å². The van der Waals surface area contributed by atoms with Crippen molar-refractivity contribution < 1.29 is 9.59 Å². The number of hydrogen-bond donors (Lipinski definition) is 0. The summed E-state index contributed by atoms with van der Waals surface area (Å²) in [6.45, 7) is 3.17. The van der Waals surface area contributed by atoms with Gasteiger partial charge in [0.15, 0.2) is 11.6 Å². The zero-order valence-corrected chi connectivity index (χ0v) is 21.2. The van der Waals surface area contributed by atoms with Gasteiger partial charge in [-0.3, -0.25) is 9.59 Å². The lowest BCUT2D eigenvalue weighted by atomic mass is 10.0. The number of nitrogens with zero attached hydrogens (tertiary/aromatic N) is 2. The highest BCUT2D eigenvalue weighted by atomic mass is 16.1. The minimum Gasteiger partial charge on any atom is -0.374 e. The standard InChI is InChI=1S/C34H30N2O2/c37-33(31-15-11-29(12-16-31)27-7-3-1-4-8-27)19-21-35-23-25-36(26-24-35)22-20-34(38)32-17-13-30(14-18-32)28-9-5-2-6-10-28/h1-22H,23-26H2. The Kier molecular flexibility index (Phi) is 7.90. The summed E-state index contributed by atoms with van der Waals surface area (Å²) in [6.07, 6.45) is 7.05. The summed E-state index contributed by atoms with van der Waals surface area (Å²) in [4.78, 5) is 29.6. The first-order chi connectivity index (χ1) is 18.7. The number of allylic oxidation sites excluding steroid dienone is 2. The Hall–Kier alpha value is -4.70. The molecular weight excluding hydrogens is 468 g/mol. The van der Waals surface area contributed by atoms with E-state index < -0.39 is 0 Å². The molecule has 1 aliphatic heterocycles. The number of carbonyl (C=O) groups is 2. The molecule has 1 aliphatic rings. The highest BCUT2D eigenvalue weighted by molar-refractivity contribution is 6.05. The Morgan fingerprint density at radius 1 is 0.447 bits per heavy atom. The van der Waals surface area contributed by atoms with Gasteiger partial charge in [-0.15, -0.1) is 0 Å². The summed E-state index contributed by atoms with van der Waals surface area (Å²) in [5.41, 5.74) is 5.82. The van der Waals surface area contributed by atoms with Crippen molar-refractivity contribution in [3.05, 3.63) is 145 Å². The molecule has 188 valence electrons. The van der Waals surface area contributed by atoms with Gasteiger partial charge in [-0.05, 0) is 22.3 Å². The van der Waals surface area contributed by atoms with Crippen LogP contribution >= 0.6 is 0 Å². The van der Waals surface area contributed by atoms with E-state index >= 15 is 0 Å². The fourth-order valence-electron chi connectivity index (χ4n) is 4.49. The zero-order chi connectivity index (χ0) is 26.2. The van der Waals surface area contributed by atoms with Crippen LogP contribution in [0.4, 0.5) is 0 Å². The molecule has 4 heteroatoms. The minimum atomic E-state index is -0.00387. The van der Waals surface area contributed by atoms with Crippen LogP contribution in [0, 0.1) is 0 Å². The Labute approximate surface area is 224 Å². The zero-order valence-electron chi connectivity index (χ0n) is 21.2.